The first-order chi connectivity index (χ1) is 6.64. The highest BCUT2D eigenvalue weighted by molar-refractivity contribution is 5.46. The molecule has 0 spiro atoms. The molecule has 1 aliphatic heterocycles. The summed E-state index contributed by atoms with van der Waals surface area (Å²) in [6, 6.07) is 5.01. The van der Waals surface area contributed by atoms with Crippen LogP contribution < -0.4 is 9.47 Å². The van der Waals surface area contributed by atoms with E-state index in [1.165, 1.54) is 0 Å². The van der Waals surface area contributed by atoms with Gasteiger partial charge in [0.15, 0.2) is 11.5 Å². The number of hydrogen-bond donors (Lipinski definition) is 0. The van der Waals surface area contributed by atoms with E-state index in [-0.39, 0.29) is 11.5 Å². The van der Waals surface area contributed by atoms with E-state index in [1.54, 1.807) is 12.1 Å². The summed E-state index contributed by atoms with van der Waals surface area (Å²) in [4.78, 5) is 0. The quantitative estimate of drug-likeness (QED) is 0.690. The molecule has 2 aliphatic rings. The molecule has 1 aliphatic carbocycles. The molecule has 1 aromatic carbocycles. The van der Waals surface area contributed by atoms with Gasteiger partial charge in [-0.2, -0.15) is 0 Å². The third-order valence-electron chi connectivity index (χ3n) is 2.47. The molecule has 1 heterocycles. The number of ether oxygens (including phenoxy) is 2. The van der Waals surface area contributed by atoms with Crippen LogP contribution in [0, 0.1) is 0 Å². The molecule has 4 heteroatoms. The maximum absolute atomic E-state index is 12.6. The van der Waals surface area contributed by atoms with Gasteiger partial charge in [-0.25, -0.2) is 0 Å². The maximum Gasteiger partial charge on any atom is 0.586 e. The van der Waals surface area contributed by atoms with Crippen molar-refractivity contribution < 1.29 is 18.3 Å². The van der Waals surface area contributed by atoms with Gasteiger partial charge in [0, 0.05) is 0 Å². The Morgan fingerprint density at radius 1 is 1.14 bits per heavy atom. The summed E-state index contributed by atoms with van der Waals surface area (Å²) >= 11 is 0. The van der Waals surface area contributed by atoms with Gasteiger partial charge in [-0.15, -0.1) is 8.78 Å². The molecule has 74 valence electrons. The van der Waals surface area contributed by atoms with Crippen LogP contribution in [-0.4, -0.2) is 6.29 Å². The second-order valence-corrected chi connectivity index (χ2v) is 3.65. The fraction of sp³-hybridized carbons (Fsp3) is 0.400. The van der Waals surface area contributed by atoms with Gasteiger partial charge < -0.3 is 9.47 Å². The standard InChI is InChI=1S/C10H8F2O2/c11-10(12)13-8-4-3-7(6-1-2-6)5-9(8)14-10/h3-6H,1-2H2. The first kappa shape index (κ1) is 8.03. The van der Waals surface area contributed by atoms with Gasteiger partial charge in [0.05, 0.1) is 0 Å². The predicted molar refractivity (Wildman–Crippen MR) is 44.6 cm³/mol. The van der Waals surface area contributed by atoms with Crippen LogP contribution in [0.15, 0.2) is 18.2 Å². The lowest BCUT2D eigenvalue weighted by atomic mass is 10.1. The largest absolute Gasteiger partial charge is 0.586 e. The van der Waals surface area contributed by atoms with Gasteiger partial charge in [0.2, 0.25) is 0 Å². The summed E-state index contributed by atoms with van der Waals surface area (Å²) < 4.78 is 33.9. The molecule has 0 unspecified atom stereocenters. The molecular formula is C10H8F2O2. The van der Waals surface area contributed by atoms with Crippen LogP contribution in [0.3, 0.4) is 0 Å². The molecule has 0 saturated heterocycles. The lowest BCUT2D eigenvalue weighted by Gasteiger charge is -2.04. The van der Waals surface area contributed by atoms with Crippen LogP contribution in [0.1, 0.15) is 24.3 Å². The summed E-state index contributed by atoms with van der Waals surface area (Å²) in [5, 5.41) is 0. The van der Waals surface area contributed by atoms with Crippen LogP contribution in [0.25, 0.3) is 0 Å². The van der Waals surface area contributed by atoms with E-state index in [1.807, 2.05) is 6.07 Å². The van der Waals surface area contributed by atoms with Crippen molar-refractivity contribution >= 4 is 0 Å². The smallest absolute Gasteiger partial charge is 0.395 e. The molecule has 0 amide bonds. The van der Waals surface area contributed by atoms with Gasteiger partial charge >= 0.3 is 6.29 Å². The Hall–Kier alpha value is -1.32. The zero-order valence-electron chi connectivity index (χ0n) is 7.30. The fourth-order valence-corrected chi connectivity index (χ4v) is 1.64. The highest BCUT2D eigenvalue weighted by atomic mass is 19.3. The molecule has 1 aromatic rings. The Kier molecular flexibility index (Phi) is 1.36. The Balaban J connectivity index is 1.97. The summed E-state index contributed by atoms with van der Waals surface area (Å²) in [5.41, 5.74) is 1.06. The first-order valence-corrected chi connectivity index (χ1v) is 4.54. The first-order valence-electron chi connectivity index (χ1n) is 4.54. The van der Waals surface area contributed by atoms with Gasteiger partial charge in [-0.1, -0.05) is 6.07 Å². The Morgan fingerprint density at radius 3 is 2.57 bits per heavy atom. The molecule has 0 aromatic heterocycles. The second-order valence-electron chi connectivity index (χ2n) is 3.65. The van der Waals surface area contributed by atoms with Crippen LogP contribution in [0.5, 0.6) is 11.5 Å². The maximum atomic E-state index is 12.6. The molecule has 1 saturated carbocycles. The second kappa shape index (κ2) is 2.38. The lowest BCUT2D eigenvalue weighted by Crippen LogP contribution is -2.25. The number of benzene rings is 1. The van der Waals surface area contributed by atoms with Gasteiger partial charge in [-0.3, -0.25) is 0 Å². The minimum atomic E-state index is -3.50. The normalized spacial score (nSPS) is 22.4. The van der Waals surface area contributed by atoms with Crippen molar-refractivity contribution in [1.29, 1.82) is 0 Å². The third kappa shape index (κ3) is 1.22. The highest BCUT2D eigenvalue weighted by Gasteiger charge is 2.43. The van der Waals surface area contributed by atoms with E-state index < -0.39 is 6.29 Å². The molecule has 3 rings (SSSR count). The molecule has 0 radical (unpaired) electrons. The van der Waals surface area contributed by atoms with E-state index in [9.17, 15) is 8.78 Å². The highest BCUT2D eigenvalue weighted by Crippen LogP contribution is 2.46. The third-order valence-corrected chi connectivity index (χ3v) is 2.47. The van der Waals surface area contributed by atoms with E-state index in [0.717, 1.165) is 18.4 Å². The molecule has 0 atom stereocenters. The van der Waals surface area contributed by atoms with E-state index in [4.69, 9.17) is 0 Å². The fourth-order valence-electron chi connectivity index (χ4n) is 1.64. The van der Waals surface area contributed by atoms with E-state index in [0.29, 0.717) is 5.92 Å². The van der Waals surface area contributed by atoms with Crippen LogP contribution in [0.2, 0.25) is 0 Å². The van der Waals surface area contributed by atoms with Crippen LogP contribution >= 0.6 is 0 Å². The van der Waals surface area contributed by atoms with Crippen molar-refractivity contribution in [3.05, 3.63) is 23.8 Å². The van der Waals surface area contributed by atoms with E-state index >= 15 is 0 Å². The zero-order chi connectivity index (χ0) is 9.76. The van der Waals surface area contributed by atoms with Crippen molar-refractivity contribution in [1.82, 2.24) is 0 Å². The summed E-state index contributed by atoms with van der Waals surface area (Å²) in [6.45, 7) is 0. The van der Waals surface area contributed by atoms with Gasteiger partial charge in [-0.05, 0) is 36.5 Å². The molecule has 0 N–H and O–H groups in total. The molecular weight excluding hydrogens is 190 g/mol. The lowest BCUT2D eigenvalue weighted by molar-refractivity contribution is -0.286. The summed E-state index contributed by atoms with van der Waals surface area (Å²) in [7, 11) is 0. The number of alkyl halides is 2. The Bertz CT molecular complexity index is 386. The van der Waals surface area contributed by atoms with Crippen molar-refractivity contribution in [2.24, 2.45) is 0 Å². The van der Waals surface area contributed by atoms with Crippen LogP contribution in [0.4, 0.5) is 8.78 Å². The average Bonchev–Trinajstić information content (AvgIpc) is 2.86. The Morgan fingerprint density at radius 2 is 1.86 bits per heavy atom. The van der Waals surface area contributed by atoms with Crippen molar-refractivity contribution in [2.75, 3.05) is 0 Å². The minimum Gasteiger partial charge on any atom is -0.395 e. The van der Waals surface area contributed by atoms with Crippen molar-refractivity contribution in [3.8, 4) is 11.5 Å². The molecule has 1 fully saturated rings. The van der Waals surface area contributed by atoms with Crippen molar-refractivity contribution in [2.45, 2.75) is 25.1 Å². The monoisotopic (exact) mass is 198 g/mol. The van der Waals surface area contributed by atoms with Gasteiger partial charge in [0.1, 0.15) is 0 Å². The average molecular weight is 198 g/mol. The number of hydrogen-bond acceptors (Lipinski definition) is 2. The predicted octanol–water partition coefficient (Wildman–Crippen LogP) is 2.89. The van der Waals surface area contributed by atoms with Crippen molar-refractivity contribution in [3.63, 3.8) is 0 Å². The number of halogens is 2. The molecule has 14 heavy (non-hydrogen) atoms. The SMILES string of the molecule is FC1(F)Oc2ccc(C3CC3)cc2O1. The summed E-state index contributed by atoms with van der Waals surface area (Å²) in [6.07, 6.45) is -1.23. The van der Waals surface area contributed by atoms with E-state index in [2.05, 4.69) is 9.47 Å². The topological polar surface area (TPSA) is 18.5 Å². The van der Waals surface area contributed by atoms with Crippen LogP contribution in [-0.2, 0) is 0 Å². The Labute approximate surface area is 79.4 Å². The summed E-state index contributed by atoms with van der Waals surface area (Å²) in [5.74, 6) is 0.803. The molecule has 0 bridgehead atoms. The number of fused-ring (bicyclic) bond motifs is 1. The zero-order valence-corrected chi connectivity index (χ0v) is 7.30. The molecule has 2 nitrogen and oxygen atoms in total. The minimum absolute atomic E-state index is 0.124. The number of rotatable bonds is 1. The van der Waals surface area contributed by atoms with Gasteiger partial charge in [0.25, 0.3) is 0 Å².